The van der Waals surface area contributed by atoms with Gasteiger partial charge in [0.25, 0.3) is 5.91 Å². The number of hydrogen-bond donors (Lipinski definition) is 2. The van der Waals surface area contributed by atoms with Crippen molar-refractivity contribution in [3.63, 3.8) is 0 Å². The van der Waals surface area contributed by atoms with E-state index in [0.29, 0.717) is 25.3 Å². The number of rotatable bonds is 7. The first-order valence-electron chi connectivity index (χ1n) is 8.17. The fourth-order valence-corrected chi connectivity index (χ4v) is 2.89. The molecule has 1 aliphatic rings. The third-order valence-corrected chi connectivity index (χ3v) is 4.20. The van der Waals surface area contributed by atoms with E-state index in [1.54, 1.807) is 0 Å². The van der Waals surface area contributed by atoms with Crippen LogP contribution in [0.5, 0.6) is 0 Å². The molecule has 3 rings (SSSR count). The van der Waals surface area contributed by atoms with Gasteiger partial charge < -0.3 is 10.2 Å². The first-order valence-corrected chi connectivity index (χ1v) is 8.17. The number of aromatic amines is 1. The molecule has 0 unspecified atom stereocenters. The highest BCUT2D eigenvalue weighted by molar-refractivity contribution is 5.98. The van der Waals surface area contributed by atoms with E-state index in [-0.39, 0.29) is 17.9 Å². The molecule has 2 N–H and O–H groups in total. The second-order valence-electron chi connectivity index (χ2n) is 6.00. The number of carbonyl (C=O) groups is 2. The van der Waals surface area contributed by atoms with Crippen molar-refractivity contribution in [3.05, 3.63) is 47.5 Å². The van der Waals surface area contributed by atoms with Crippen molar-refractivity contribution < 1.29 is 9.59 Å². The molecular formula is C17H21N5O2. The maximum absolute atomic E-state index is 12.2. The van der Waals surface area contributed by atoms with Crippen molar-refractivity contribution >= 4 is 11.8 Å². The van der Waals surface area contributed by atoms with Gasteiger partial charge in [0.15, 0.2) is 0 Å². The number of nitrogens with zero attached hydrogens (tertiary/aromatic N) is 3. The second-order valence-corrected chi connectivity index (χ2v) is 6.00. The van der Waals surface area contributed by atoms with Crippen LogP contribution in [0.15, 0.2) is 30.6 Å². The Morgan fingerprint density at radius 3 is 2.96 bits per heavy atom. The summed E-state index contributed by atoms with van der Waals surface area (Å²) in [7, 11) is 0. The van der Waals surface area contributed by atoms with E-state index >= 15 is 0 Å². The highest BCUT2D eigenvalue weighted by Crippen LogP contribution is 2.22. The Kier molecular flexibility index (Phi) is 4.88. The van der Waals surface area contributed by atoms with Gasteiger partial charge >= 0.3 is 0 Å². The second kappa shape index (κ2) is 7.25. The molecule has 7 heteroatoms. The Hall–Kier alpha value is -2.70. The molecular weight excluding hydrogens is 306 g/mol. The SMILES string of the molecule is C[C@H](NC(=O)CCCCN1Cc2ccccc2C1=O)c1ncn[nH]1. The summed E-state index contributed by atoms with van der Waals surface area (Å²) in [6.07, 6.45) is 3.41. The van der Waals surface area contributed by atoms with Crippen molar-refractivity contribution in [2.75, 3.05) is 6.54 Å². The minimum Gasteiger partial charge on any atom is -0.346 e. The molecule has 1 aromatic carbocycles. The minimum absolute atomic E-state index is 0.0186. The lowest BCUT2D eigenvalue weighted by atomic mass is 10.1. The van der Waals surface area contributed by atoms with Gasteiger partial charge in [-0.3, -0.25) is 14.7 Å². The summed E-state index contributed by atoms with van der Waals surface area (Å²) in [5, 5.41) is 9.39. The number of amides is 2. The molecule has 2 heterocycles. The van der Waals surface area contributed by atoms with Crippen molar-refractivity contribution in [2.45, 2.75) is 38.8 Å². The molecule has 1 aromatic heterocycles. The zero-order chi connectivity index (χ0) is 16.9. The average molecular weight is 327 g/mol. The lowest BCUT2D eigenvalue weighted by molar-refractivity contribution is -0.121. The standard InChI is InChI=1S/C17H21N5O2/c1-12(16-18-11-19-21-16)20-15(23)8-4-5-9-22-10-13-6-2-3-7-14(13)17(22)24/h2-3,6-7,11-12H,4-5,8-10H2,1H3,(H,20,23)(H,18,19,21)/t12-/m0/s1. The van der Waals surface area contributed by atoms with Gasteiger partial charge in [0.05, 0.1) is 6.04 Å². The van der Waals surface area contributed by atoms with Gasteiger partial charge in [-0.25, -0.2) is 4.98 Å². The summed E-state index contributed by atoms with van der Waals surface area (Å²) in [6, 6.07) is 7.52. The lowest BCUT2D eigenvalue weighted by Crippen LogP contribution is -2.28. The number of H-pyrrole nitrogens is 1. The molecule has 0 bridgehead atoms. The molecule has 0 aliphatic carbocycles. The minimum atomic E-state index is -0.186. The van der Waals surface area contributed by atoms with E-state index in [0.717, 1.165) is 24.0 Å². The molecule has 126 valence electrons. The van der Waals surface area contributed by atoms with Crippen molar-refractivity contribution in [3.8, 4) is 0 Å². The highest BCUT2D eigenvalue weighted by atomic mass is 16.2. The van der Waals surface area contributed by atoms with E-state index in [9.17, 15) is 9.59 Å². The zero-order valence-electron chi connectivity index (χ0n) is 13.7. The first-order chi connectivity index (χ1) is 11.6. The number of hydrogen-bond acceptors (Lipinski definition) is 4. The van der Waals surface area contributed by atoms with Crippen LogP contribution in [0, 0.1) is 0 Å². The normalized spacial score (nSPS) is 14.5. The molecule has 2 amide bonds. The number of nitrogens with one attached hydrogen (secondary N) is 2. The number of unbranched alkanes of at least 4 members (excludes halogenated alkanes) is 1. The molecule has 0 fully saturated rings. The molecule has 0 saturated carbocycles. The van der Waals surface area contributed by atoms with Crippen LogP contribution in [0.25, 0.3) is 0 Å². The monoisotopic (exact) mass is 327 g/mol. The number of carbonyl (C=O) groups excluding carboxylic acids is 2. The Labute approximate surface area is 140 Å². The summed E-state index contributed by atoms with van der Waals surface area (Å²) < 4.78 is 0. The summed E-state index contributed by atoms with van der Waals surface area (Å²) in [5.41, 5.74) is 1.89. The van der Waals surface area contributed by atoms with Gasteiger partial charge in [-0.05, 0) is 31.4 Å². The van der Waals surface area contributed by atoms with E-state index < -0.39 is 0 Å². The Morgan fingerprint density at radius 1 is 1.38 bits per heavy atom. The van der Waals surface area contributed by atoms with E-state index in [2.05, 4.69) is 20.5 Å². The van der Waals surface area contributed by atoms with E-state index in [1.165, 1.54) is 6.33 Å². The van der Waals surface area contributed by atoms with E-state index in [1.807, 2.05) is 36.1 Å². The van der Waals surface area contributed by atoms with Gasteiger partial charge in [-0.15, -0.1) is 0 Å². The largest absolute Gasteiger partial charge is 0.346 e. The van der Waals surface area contributed by atoms with Crippen molar-refractivity contribution in [2.24, 2.45) is 0 Å². The van der Waals surface area contributed by atoms with Crippen LogP contribution >= 0.6 is 0 Å². The molecule has 0 saturated heterocycles. The molecule has 1 aliphatic heterocycles. The number of benzene rings is 1. The molecule has 7 nitrogen and oxygen atoms in total. The molecule has 1 atom stereocenters. The van der Waals surface area contributed by atoms with Gasteiger partial charge in [0.2, 0.25) is 5.91 Å². The molecule has 0 radical (unpaired) electrons. The summed E-state index contributed by atoms with van der Waals surface area (Å²) >= 11 is 0. The first kappa shape index (κ1) is 16.2. The van der Waals surface area contributed by atoms with Crippen LogP contribution in [-0.2, 0) is 11.3 Å². The number of aromatic nitrogens is 3. The van der Waals surface area contributed by atoms with Gasteiger partial charge in [-0.1, -0.05) is 18.2 Å². The summed E-state index contributed by atoms with van der Waals surface area (Å²) in [4.78, 5) is 30.0. The summed E-state index contributed by atoms with van der Waals surface area (Å²) in [5.74, 6) is 0.715. The fourth-order valence-electron chi connectivity index (χ4n) is 2.89. The quantitative estimate of drug-likeness (QED) is 0.759. The Morgan fingerprint density at radius 2 is 2.21 bits per heavy atom. The molecule has 24 heavy (non-hydrogen) atoms. The van der Waals surface area contributed by atoms with Gasteiger partial charge in [-0.2, -0.15) is 5.10 Å². The predicted molar refractivity (Wildman–Crippen MR) is 88.0 cm³/mol. The predicted octanol–water partition coefficient (Wildman–Crippen LogP) is 1.81. The van der Waals surface area contributed by atoms with Crippen LogP contribution in [0.2, 0.25) is 0 Å². The van der Waals surface area contributed by atoms with Gasteiger partial charge in [0, 0.05) is 25.1 Å². The highest BCUT2D eigenvalue weighted by Gasteiger charge is 2.25. The third kappa shape index (κ3) is 3.61. The average Bonchev–Trinajstić information content (AvgIpc) is 3.21. The topological polar surface area (TPSA) is 91.0 Å². The zero-order valence-corrected chi connectivity index (χ0v) is 13.7. The maximum Gasteiger partial charge on any atom is 0.254 e. The third-order valence-electron chi connectivity index (χ3n) is 4.20. The van der Waals surface area contributed by atoms with Crippen molar-refractivity contribution in [1.29, 1.82) is 0 Å². The van der Waals surface area contributed by atoms with Crippen LogP contribution in [0.1, 0.15) is 54.0 Å². The Bertz CT molecular complexity index is 714. The fraction of sp³-hybridized carbons (Fsp3) is 0.412. The summed E-state index contributed by atoms with van der Waals surface area (Å²) in [6.45, 7) is 3.21. The molecule has 0 spiro atoms. The van der Waals surface area contributed by atoms with Crippen LogP contribution in [0.3, 0.4) is 0 Å². The maximum atomic E-state index is 12.2. The van der Waals surface area contributed by atoms with Crippen LogP contribution in [-0.4, -0.2) is 38.4 Å². The van der Waals surface area contributed by atoms with Crippen molar-refractivity contribution in [1.82, 2.24) is 25.4 Å². The smallest absolute Gasteiger partial charge is 0.254 e. The van der Waals surface area contributed by atoms with Crippen LogP contribution < -0.4 is 5.32 Å². The molecule has 2 aromatic rings. The van der Waals surface area contributed by atoms with Crippen LogP contribution in [0.4, 0.5) is 0 Å². The lowest BCUT2D eigenvalue weighted by Gasteiger charge is -2.15. The Balaban J connectivity index is 1.37. The van der Waals surface area contributed by atoms with Gasteiger partial charge in [0.1, 0.15) is 12.2 Å². The number of fused-ring (bicyclic) bond motifs is 1. The van der Waals surface area contributed by atoms with E-state index in [4.69, 9.17) is 0 Å².